The van der Waals surface area contributed by atoms with Crippen molar-refractivity contribution in [1.29, 1.82) is 0 Å². The highest BCUT2D eigenvalue weighted by molar-refractivity contribution is 6.31. The van der Waals surface area contributed by atoms with Crippen molar-refractivity contribution in [2.24, 2.45) is 0 Å². The Labute approximate surface area is 126 Å². The standard InChI is InChI=1S/C13H16ClN3O4/c14-10-1-2-11(12(9-10)17(20)21)13(19)16-5-3-15(4-6-16)7-8-18/h1-2,9,18H,3-8H2. The molecule has 0 saturated carbocycles. The molecule has 0 spiro atoms. The van der Waals surface area contributed by atoms with Crippen molar-refractivity contribution in [2.75, 3.05) is 39.3 Å². The molecule has 1 aliphatic rings. The molecule has 8 heteroatoms. The molecule has 0 atom stereocenters. The van der Waals surface area contributed by atoms with Crippen LogP contribution in [0.1, 0.15) is 10.4 Å². The average molecular weight is 314 g/mol. The van der Waals surface area contributed by atoms with Crippen molar-refractivity contribution in [3.63, 3.8) is 0 Å². The van der Waals surface area contributed by atoms with Crippen LogP contribution in [0.3, 0.4) is 0 Å². The minimum Gasteiger partial charge on any atom is -0.395 e. The fourth-order valence-electron chi connectivity index (χ4n) is 2.32. The zero-order chi connectivity index (χ0) is 15.4. The second-order valence-corrected chi connectivity index (χ2v) is 5.21. The molecular formula is C13H16ClN3O4. The van der Waals surface area contributed by atoms with Gasteiger partial charge in [0.15, 0.2) is 0 Å². The Morgan fingerprint density at radius 3 is 2.57 bits per heavy atom. The summed E-state index contributed by atoms with van der Waals surface area (Å²) in [6.07, 6.45) is 0. The van der Waals surface area contributed by atoms with Crippen molar-refractivity contribution in [3.8, 4) is 0 Å². The van der Waals surface area contributed by atoms with E-state index in [1.54, 1.807) is 4.90 Å². The van der Waals surface area contributed by atoms with E-state index in [1.165, 1.54) is 18.2 Å². The van der Waals surface area contributed by atoms with Gasteiger partial charge in [0, 0.05) is 43.8 Å². The van der Waals surface area contributed by atoms with Gasteiger partial charge >= 0.3 is 0 Å². The maximum absolute atomic E-state index is 12.4. The lowest BCUT2D eigenvalue weighted by Gasteiger charge is -2.34. The van der Waals surface area contributed by atoms with E-state index in [9.17, 15) is 14.9 Å². The molecular weight excluding hydrogens is 298 g/mol. The molecule has 0 bridgehead atoms. The van der Waals surface area contributed by atoms with E-state index >= 15 is 0 Å². The number of nitro benzene ring substituents is 1. The van der Waals surface area contributed by atoms with Gasteiger partial charge in [-0.25, -0.2) is 0 Å². The minimum atomic E-state index is -0.596. The first kappa shape index (κ1) is 15.7. The van der Waals surface area contributed by atoms with Gasteiger partial charge in [0.2, 0.25) is 0 Å². The Bertz CT molecular complexity index is 544. The zero-order valence-electron chi connectivity index (χ0n) is 11.4. The van der Waals surface area contributed by atoms with E-state index < -0.39 is 4.92 Å². The van der Waals surface area contributed by atoms with E-state index in [0.717, 1.165) is 0 Å². The average Bonchev–Trinajstić information content (AvgIpc) is 2.47. The second kappa shape index (κ2) is 6.84. The number of nitro groups is 1. The quantitative estimate of drug-likeness (QED) is 0.662. The van der Waals surface area contributed by atoms with Gasteiger partial charge in [-0.15, -0.1) is 0 Å². The summed E-state index contributed by atoms with van der Waals surface area (Å²) in [5, 5.41) is 20.2. The lowest BCUT2D eigenvalue weighted by atomic mass is 10.1. The number of carbonyl (C=O) groups excluding carboxylic acids is 1. The Morgan fingerprint density at radius 2 is 2.00 bits per heavy atom. The summed E-state index contributed by atoms with van der Waals surface area (Å²) in [7, 11) is 0. The van der Waals surface area contributed by atoms with E-state index in [-0.39, 0.29) is 28.8 Å². The van der Waals surface area contributed by atoms with Gasteiger partial charge in [-0.1, -0.05) is 11.6 Å². The first-order valence-corrected chi connectivity index (χ1v) is 6.97. The first-order valence-electron chi connectivity index (χ1n) is 6.59. The van der Waals surface area contributed by atoms with Crippen LogP contribution < -0.4 is 0 Å². The largest absolute Gasteiger partial charge is 0.395 e. The van der Waals surface area contributed by atoms with Crippen LogP contribution in [0.15, 0.2) is 18.2 Å². The molecule has 1 amide bonds. The number of piperazine rings is 1. The van der Waals surface area contributed by atoms with Crippen LogP contribution >= 0.6 is 11.6 Å². The SMILES string of the molecule is O=C(c1ccc(Cl)cc1[N+](=O)[O-])N1CCN(CCO)CC1. The van der Waals surface area contributed by atoms with E-state index in [4.69, 9.17) is 16.7 Å². The zero-order valence-corrected chi connectivity index (χ0v) is 12.1. The van der Waals surface area contributed by atoms with Gasteiger partial charge in [0.05, 0.1) is 11.5 Å². The third-order valence-corrected chi connectivity index (χ3v) is 3.70. The lowest BCUT2D eigenvalue weighted by Crippen LogP contribution is -2.49. The molecule has 2 rings (SSSR count). The van der Waals surface area contributed by atoms with Crippen LogP contribution in [0.25, 0.3) is 0 Å². The molecule has 7 nitrogen and oxygen atoms in total. The van der Waals surface area contributed by atoms with Crippen molar-refractivity contribution in [3.05, 3.63) is 38.9 Å². The lowest BCUT2D eigenvalue weighted by molar-refractivity contribution is -0.385. The third-order valence-electron chi connectivity index (χ3n) is 3.46. The summed E-state index contributed by atoms with van der Waals surface area (Å²) in [5.41, 5.74) is -0.217. The van der Waals surface area contributed by atoms with Crippen molar-refractivity contribution >= 4 is 23.2 Å². The fourth-order valence-corrected chi connectivity index (χ4v) is 2.49. The maximum Gasteiger partial charge on any atom is 0.283 e. The van der Waals surface area contributed by atoms with Crippen LogP contribution in [-0.4, -0.2) is 65.1 Å². The molecule has 114 valence electrons. The summed E-state index contributed by atoms with van der Waals surface area (Å²) in [6.45, 7) is 2.92. The highest BCUT2D eigenvalue weighted by Gasteiger charge is 2.27. The number of rotatable bonds is 4. The number of aliphatic hydroxyl groups excluding tert-OH is 1. The topological polar surface area (TPSA) is 86.9 Å². The number of carbonyl (C=O) groups is 1. The van der Waals surface area contributed by atoms with Crippen molar-refractivity contribution in [1.82, 2.24) is 9.80 Å². The smallest absolute Gasteiger partial charge is 0.283 e. The Hall–Kier alpha value is -1.70. The third kappa shape index (κ3) is 3.69. The van der Waals surface area contributed by atoms with Gasteiger partial charge in [0.1, 0.15) is 5.56 Å². The number of halogens is 1. The predicted molar refractivity (Wildman–Crippen MR) is 77.5 cm³/mol. The number of aliphatic hydroxyl groups is 1. The highest BCUT2D eigenvalue weighted by atomic mass is 35.5. The van der Waals surface area contributed by atoms with E-state index in [1.807, 2.05) is 4.90 Å². The Morgan fingerprint density at radius 1 is 1.33 bits per heavy atom. The second-order valence-electron chi connectivity index (χ2n) is 4.78. The summed E-state index contributed by atoms with van der Waals surface area (Å²) in [5.74, 6) is -0.359. The summed E-state index contributed by atoms with van der Waals surface area (Å²) in [4.78, 5) is 26.5. The molecule has 0 radical (unpaired) electrons. The summed E-state index contributed by atoms with van der Waals surface area (Å²) < 4.78 is 0. The maximum atomic E-state index is 12.4. The molecule has 0 aliphatic carbocycles. The van der Waals surface area contributed by atoms with Crippen LogP contribution in [0.4, 0.5) is 5.69 Å². The number of hydrogen-bond acceptors (Lipinski definition) is 5. The van der Waals surface area contributed by atoms with Crippen LogP contribution in [0.5, 0.6) is 0 Å². The number of amides is 1. The van der Waals surface area contributed by atoms with Gasteiger partial charge in [-0.2, -0.15) is 0 Å². The molecule has 1 N–H and O–H groups in total. The number of benzene rings is 1. The van der Waals surface area contributed by atoms with Gasteiger partial charge < -0.3 is 10.0 Å². The minimum absolute atomic E-state index is 0.0556. The molecule has 0 unspecified atom stereocenters. The molecule has 1 aromatic carbocycles. The van der Waals surface area contributed by atoms with E-state index in [2.05, 4.69) is 0 Å². The van der Waals surface area contributed by atoms with Gasteiger partial charge in [-0.3, -0.25) is 19.8 Å². The molecule has 1 saturated heterocycles. The van der Waals surface area contributed by atoms with Crippen molar-refractivity contribution < 1.29 is 14.8 Å². The molecule has 1 fully saturated rings. The van der Waals surface area contributed by atoms with Crippen LogP contribution in [-0.2, 0) is 0 Å². The Balaban J connectivity index is 2.13. The predicted octanol–water partition coefficient (Wildman–Crippen LogP) is 0.998. The molecule has 1 heterocycles. The molecule has 0 aromatic heterocycles. The van der Waals surface area contributed by atoms with Crippen molar-refractivity contribution in [2.45, 2.75) is 0 Å². The highest BCUT2D eigenvalue weighted by Crippen LogP contribution is 2.24. The number of hydrogen-bond donors (Lipinski definition) is 1. The number of β-amino-alcohol motifs (C(OH)–C–C–N with tert-alkyl or cyclic N) is 1. The van der Waals surface area contributed by atoms with Gasteiger partial charge in [-0.05, 0) is 12.1 Å². The molecule has 21 heavy (non-hydrogen) atoms. The summed E-state index contributed by atoms with van der Waals surface area (Å²) in [6, 6.07) is 4.06. The van der Waals surface area contributed by atoms with Crippen LogP contribution in [0, 0.1) is 10.1 Å². The Kier molecular flexibility index (Phi) is 5.11. The monoisotopic (exact) mass is 313 g/mol. The fraction of sp³-hybridized carbons (Fsp3) is 0.462. The molecule has 1 aromatic rings. The van der Waals surface area contributed by atoms with Gasteiger partial charge in [0.25, 0.3) is 11.6 Å². The number of nitrogens with zero attached hydrogens (tertiary/aromatic N) is 3. The first-order chi connectivity index (χ1) is 10.0. The molecule has 1 aliphatic heterocycles. The van der Waals surface area contributed by atoms with E-state index in [0.29, 0.717) is 32.7 Å². The summed E-state index contributed by atoms with van der Waals surface area (Å²) >= 11 is 5.75. The van der Waals surface area contributed by atoms with Crippen LogP contribution in [0.2, 0.25) is 5.02 Å². The normalized spacial score (nSPS) is 16.0.